The van der Waals surface area contributed by atoms with Gasteiger partial charge >= 0.3 is 7.12 Å². The first-order valence-corrected chi connectivity index (χ1v) is 22.6. The molecule has 1 aromatic heterocycles. The van der Waals surface area contributed by atoms with Crippen LogP contribution in [0.3, 0.4) is 0 Å². The Morgan fingerprint density at radius 2 is 1.68 bits per heavy atom. The second-order valence-corrected chi connectivity index (χ2v) is 21.8. The van der Waals surface area contributed by atoms with Gasteiger partial charge in [0.2, 0.25) is 11.8 Å². The van der Waals surface area contributed by atoms with Crippen molar-refractivity contribution in [2.75, 3.05) is 6.61 Å². The number of amides is 2. The number of halogens is 1. The summed E-state index contributed by atoms with van der Waals surface area (Å²) >= 11 is 1.52. The number of aromatic hydroxyl groups is 1. The summed E-state index contributed by atoms with van der Waals surface area (Å²) in [4.78, 5) is 31.0. The second kappa shape index (κ2) is 16.8. The van der Waals surface area contributed by atoms with Crippen LogP contribution in [0.15, 0.2) is 113 Å². The Morgan fingerprint density at radius 3 is 2.29 bits per heavy atom. The maximum absolute atomic E-state index is 14.4. The van der Waals surface area contributed by atoms with Crippen LogP contribution in [0, 0.1) is 23.6 Å². The van der Waals surface area contributed by atoms with Gasteiger partial charge in [-0.15, -0.1) is 11.3 Å². The van der Waals surface area contributed by atoms with E-state index in [1.54, 1.807) is 6.07 Å². The number of carbonyl (C=O) groups excluding carboxylic acids is 2. The highest BCUT2D eigenvalue weighted by atomic mass is 32.1. The number of hydrogen-bond donors (Lipinski definition) is 2. The molecule has 4 atom stereocenters. The van der Waals surface area contributed by atoms with Crippen LogP contribution in [0.2, 0.25) is 11.4 Å². The van der Waals surface area contributed by atoms with E-state index in [1.807, 2.05) is 35.7 Å². The summed E-state index contributed by atoms with van der Waals surface area (Å²) < 4.78 is 28.2. The van der Waals surface area contributed by atoms with Gasteiger partial charge in [0.15, 0.2) is 11.6 Å². The molecule has 2 aliphatic heterocycles. The first-order chi connectivity index (χ1) is 26.9. The highest BCUT2D eigenvalue weighted by Crippen LogP contribution is 2.51. The molecule has 2 saturated heterocycles. The van der Waals surface area contributed by atoms with Gasteiger partial charge in [0, 0.05) is 4.88 Å². The summed E-state index contributed by atoms with van der Waals surface area (Å²) in [7, 11) is -4.09. The van der Waals surface area contributed by atoms with Gasteiger partial charge in [0.1, 0.15) is 0 Å². The number of phenols is 1. The molecule has 4 aromatic rings. The highest BCUT2D eigenvalue weighted by molar-refractivity contribution is 7.09. The van der Waals surface area contributed by atoms with Crippen molar-refractivity contribution < 1.29 is 33.2 Å². The predicted octanol–water partition coefficient (Wildman–Crippen LogP) is 8.13. The molecular weight excluding hydrogens is 740 g/mol. The van der Waals surface area contributed by atoms with E-state index in [0.717, 1.165) is 44.8 Å². The molecule has 0 radical (unpaired) electrons. The molecule has 7 rings (SSSR count). The molecule has 1 aliphatic carbocycles. The lowest BCUT2D eigenvalue weighted by molar-refractivity contribution is -0.140. The Balaban J connectivity index is 1.29. The van der Waals surface area contributed by atoms with Crippen molar-refractivity contribution in [3.63, 3.8) is 0 Å². The quantitative estimate of drug-likeness (QED) is 0.0807. The van der Waals surface area contributed by atoms with Crippen molar-refractivity contribution in [1.29, 1.82) is 0 Å². The van der Waals surface area contributed by atoms with Gasteiger partial charge in [-0.3, -0.25) is 14.5 Å². The Hall–Kier alpha value is -4.13. The third kappa shape index (κ3) is 7.89. The van der Waals surface area contributed by atoms with Crippen molar-refractivity contribution in [2.45, 2.75) is 83.8 Å². The summed E-state index contributed by atoms with van der Waals surface area (Å²) in [6.07, 6.45) is 4.82. The highest BCUT2D eigenvalue weighted by Gasteiger charge is 2.58. The van der Waals surface area contributed by atoms with E-state index in [-0.39, 0.29) is 42.1 Å². The molecule has 2 fully saturated rings. The van der Waals surface area contributed by atoms with Crippen LogP contribution in [-0.2, 0) is 25.2 Å². The molecule has 56 heavy (non-hydrogen) atoms. The summed E-state index contributed by atoms with van der Waals surface area (Å²) in [5, 5.41) is 25.1. The molecule has 3 heterocycles. The lowest BCUT2D eigenvalue weighted by Crippen LogP contribution is -2.66. The zero-order chi connectivity index (χ0) is 39.6. The van der Waals surface area contributed by atoms with E-state index in [2.05, 4.69) is 76.2 Å². The fraction of sp³-hybridized carbons (Fsp3) is 0.378. The number of carbonyl (C=O) groups is 2. The number of allylic oxidation sites excluding steroid dienone is 1. The summed E-state index contributed by atoms with van der Waals surface area (Å²) in [5.74, 6) is -2.96. The molecule has 3 aliphatic rings. The lowest BCUT2D eigenvalue weighted by Gasteiger charge is -2.46. The first-order valence-electron chi connectivity index (χ1n) is 19.8. The van der Waals surface area contributed by atoms with Gasteiger partial charge in [0.25, 0.3) is 8.32 Å². The summed E-state index contributed by atoms with van der Waals surface area (Å²) in [6, 6.07) is 29.2. The topological polar surface area (TPSA) is 96.3 Å². The summed E-state index contributed by atoms with van der Waals surface area (Å²) in [6.45, 7) is 9.31. The van der Waals surface area contributed by atoms with E-state index in [0.29, 0.717) is 24.8 Å². The van der Waals surface area contributed by atoms with Crippen LogP contribution in [-0.4, -0.2) is 55.0 Å². The van der Waals surface area contributed by atoms with Gasteiger partial charge in [-0.25, -0.2) is 4.39 Å². The Kier molecular flexibility index (Phi) is 12.0. The Labute approximate surface area is 335 Å². The minimum Gasteiger partial charge on any atom is -0.505 e. The van der Waals surface area contributed by atoms with Gasteiger partial charge in [0.05, 0.1) is 31.1 Å². The molecule has 11 heteroatoms. The molecule has 7 nitrogen and oxygen atoms in total. The molecule has 2 amide bonds. The monoisotopic (exact) mass is 791 g/mol. The van der Waals surface area contributed by atoms with Gasteiger partial charge in [-0.05, 0) is 93.6 Å². The third-order valence-electron chi connectivity index (χ3n) is 11.8. The molecule has 0 spiro atoms. The molecule has 0 saturated carbocycles. The van der Waals surface area contributed by atoms with E-state index in [9.17, 15) is 24.1 Å². The largest absolute Gasteiger partial charge is 0.505 e. The number of nitrogens with zero attached hydrogens (tertiary/aromatic N) is 1. The van der Waals surface area contributed by atoms with E-state index >= 15 is 0 Å². The van der Waals surface area contributed by atoms with Crippen molar-refractivity contribution in [3.05, 3.63) is 129 Å². The van der Waals surface area contributed by atoms with Crippen LogP contribution in [0.4, 0.5) is 4.39 Å². The fourth-order valence-electron chi connectivity index (χ4n) is 9.39. The minimum absolute atomic E-state index is 0.165. The number of thiophene rings is 1. The zero-order valence-corrected chi connectivity index (χ0v) is 34.4. The smallest absolute Gasteiger partial charge is 0.455 e. The number of likely N-dealkylation sites (tertiary alicyclic amines) is 1. The van der Waals surface area contributed by atoms with Crippen molar-refractivity contribution in [1.82, 2.24) is 4.90 Å². The zero-order valence-electron chi connectivity index (χ0n) is 32.6. The van der Waals surface area contributed by atoms with Crippen molar-refractivity contribution in [3.8, 4) is 5.75 Å². The third-order valence-corrected chi connectivity index (χ3v) is 17.7. The number of rotatable bonds is 13. The molecule has 3 aromatic carbocycles. The second-order valence-electron chi connectivity index (χ2n) is 16.4. The SMILES string of the molecule is CCC/C(=C\c1ccc(O)c(F)c1)CC[C@H]1OB(O)C[C@H]2C1=C(CO[Si](c1ccccc1)(c1ccccc1)C(C)(C)C)C[C@H]1C(=O)N(Cc3cccs3)C(=O)[C@H]12. The molecular formula is C45H51BFNO6SSi. The number of benzene rings is 3. The van der Waals surface area contributed by atoms with E-state index in [4.69, 9.17) is 9.08 Å². The standard InChI is InChI=1S/C45H51BFNO6SSi/c1-5-13-30(24-31-19-21-39(49)38(47)25-31)20-22-40-41-32(29-53-56(45(2,3)4,34-15-8-6-9-16-34)35-17-10-7-11-18-35)26-36-42(37(41)27-46(52)54-40)44(51)48(43(36)50)28-33-14-12-23-55-33/h6-12,14-19,21,23-25,36-37,40,42,49,52H,5,13,20,22,26-29H2,1-4H3/b30-24+/t36-,37+,40-,42-/m1/s1. The van der Waals surface area contributed by atoms with Gasteiger partial charge in [-0.2, -0.15) is 0 Å². The lowest BCUT2D eigenvalue weighted by atomic mass is 9.58. The van der Waals surface area contributed by atoms with Crippen LogP contribution < -0.4 is 10.4 Å². The van der Waals surface area contributed by atoms with Crippen molar-refractivity contribution in [2.24, 2.45) is 17.8 Å². The Bertz CT molecular complexity index is 2050. The number of fused-ring (bicyclic) bond motifs is 3. The van der Waals surface area contributed by atoms with Crippen LogP contribution in [0.25, 0.3) is 6.08 Å². The Morgan fingerprint density at radius 1 is 0.982 bits per heavy atom. The molecule has 0 bridgehead atoms. The maximum atomic E-state index is 14.4. The fourth-order valence-corrected chi connectivity index (χ4v) is 14.6. The van der Waals surface area contributed by atoms with E-state index < -0.39 is 45.1 Å². The number of imide groups is 1. The van der Waals surface area contributed by atoms with E-state index in [1.165, 1.54) is 28.4 Å². The predicted molar refractivity (Wildman–Crippen MR) is 223 cm³/mol. The molecule has 0 unspecified atom stereocenters. The first kappa shape index (κ1) is 40.1. The summed E-state index contributed by atoms with van der Waals surface area (Å²) in [5.41, 5.74) is 3.69. The molecule has 292 valence electrons. The average molecular weight is 792 g/mol. The average Bonchev–Trinajstić information content (AvgIpc) is 3.78. The molecule has 2 N–H and O–H groups in total. The number of phenolic OH excluding ortho intramolecular Hbond substituents is 1. The van der Waals surface area contributed by atoms with Crippen LogP contribution in [0.5, 0.6) is 5.75 Å². The van der Waals surface area contributed by atoms with Gasteiger partial charge < -0.3 is 19.2 Å². The van der Waals surface area contributed by atoms with Crippen molar-refractivity contribution >= 4 is 55.0 Å². The minimum atomic E-state index is -2.99. The number of hydrogen-bond acceptors (Lipinski definition) is 7. The van der Waals surface area contributed by atoms with Crippen LogP contribution in [0.1, 0.15) is 70.2 Å². The normalized spacial score (nSPS) is 21.8. The maximum Gasteiger partial charge on any atom is 0.455 e. The van der Waals surface area contributed by atoms with Gasteiger partial charge in [-0.1, -0.05) is 119 Å². The van der Waals surface area contributed by atoms with Crippen LogP contribution >= 0.6 is 11.3 Å².